The smallest absolute Gasteiger partial charge is 0.410 e. The number of pyridine rings is 1. The Morgan fingerprint density at radius 3 is 2.26 bits per heavy atom. The minimum Gasteiger partial charge on any atom is -0.493 e. The van der Waals surface area contributed by atoms with Gasteiger partial charge in [0, 0.05) is 37.1 Å². The fourth-order valence-corrected chi connectivity index (χ4v) is 5.58. The van der Waals surface area contributed by atoms with Gasteiger partial charge in [-0.05, 0) is 39.7 Å². The topological polar surface area (TPSA) is 112 Å². The number of likely N-dealkylation sites (tertiary alicyclic amines) is 1. The zero-order valence-corrected chi connectivity index (χ0v) is 24.6. The Labute approximate surface area is 243 Å². The van der Waals surface area contributed by atoms with Gasteiger partial charge < -0.3 is 24.3 Å². The molecule has 2 amide bonds. The maximum atomic E-state index is 14.0. The fourth-order valence-electron chi connectivity index (χ4n) is 5.58. The molecule has 1 N–H and O–H groups in total. The van der Waals surface area contributed by atoms with Crippen LogP contribution in [0.1, 0.15) is 54.5 Å². The van der Waals surface area contributed by atoms with Gasteiger partial charge in [0.2, 0.25) is 0 Å². The quantitative estimate of drug-likeness (QED) is 0.340. The number of nitrogens with zero attached hydrogens (tertiary/aromatic N) is 3. The van der Waals surface area contributed by atoms with Gasteiger partial charge >= 0.3 is 6.09 Å². The molecule has 0 aliphatic carbocycles. The third-order valence-corrected chi connectivity index (χ3v) is 7.56. The molecule has 42 heavy (non-hydrogen) atoms. The Morgan fingerprint density at radius 1 is 0.976 bits per heavy atom. The summed E-state index contributed by atoms with van der Waals surface area (Å²) in [5.74, 6) is -0.419. The van der Waals surface area contributed by atoms with Crippen molar-refractivity contribution in [3.63, 3.8) is 0 Å². The van der Waals surface area contributed by atoms with Gasteiger partial charge in [-0.2, -0.15) is 0 Å². The second-order valence-electron chi connectivity index (χ2n) is 11.6. The van der Waals surface area contributed by atoms with Crippen LogP contribution in [-0.4, -0.2) is 63.7 Å². The summed E-state index contributed by atoms with van der Waals surface area (Å²) in [4.78, 5) is 54.9. The maximum absolute atomic E-state index is 14.0. The Balaban J connectivity index is 1.48. The molecule has 1 aliphatic heterocycles. The second kappa shape index (κ2) is 11.3. The number of hydrogen-bond donors (Lipinski definition) is 1. The predicted molar refractivity (Wildman–Crippen MR) is 160 cm³/mol. The number of nitrogens with one attached hydrogen (secondary N) is 1. The highest BCUT2D eigenvalue weighted by atomic mass is 16.6. The number of benzene rings is 2. The highest BCUT2D eigenvalue weighted by Gasteiger charge is 2.31. The number of aromatic nitrogens is 2. The molecule has 0 radical (unpaired) electrons. The van der Waals surface area contributed by atoms with Crippen LogP contribution in [-0.2, 0) is 18.3 Å². The molecule has 0 saturated carbocycles. The lowest BCUT2D eigenvalue weighted by Crippen LogP contribution is -2.48. The zero-order chi connectivity index (χ0) is 30.2. The minimum absolute atomic E-state index is 0.158. The molecule has 2 aromatic carbocycles. The van der Waals surface area contributed by atoms with Crippen LogP contribution in [0.2, 0.25) is 0 Å². The van der Waals surface area contributed by atoms with Gasteiger partial charge in [-0.1, -0.05) is 48.5 Å². The first-order chi connectivity index (χ1) is 20.0. The van der Waals surface area contributed by atoms with Crippen molar-refractivity contribution in [2.45, 2.75) is 51.8 Å². The first kappa shape index (κ1) is 28.9. The number of para-hydroxylation sites is 1. The predicted octanol–water partition coefficient (Wildman–Crippen LogP) is 4.51. The summed E-state index contributed by atoms with van der Waals surface area (Å²) in [7, 11) is 3.16. The van der Waals surface area contributed by atoms with E-state index >= 15 is 0 Å². The first-order valence-electron chi connectivity index (χ1n) is 14.0. The molecule has 10 heteroatoms. The van der Waals surface area contributed by atoms with Crippen LogP contribution in [0.4, 0.5) is 4.79 Å². The van der Waals surface area contributed by atoms with Crippen LogP contribution in [0.3, 0.4) is 0 Å². The number of aryl methyl sites for hydroxylation is 1. The average Bonchev–Trinajstić information content (AvgIpc) is 3.27. The van der Waals surface area contributed by atoms with E-state index in [4.69, 9.17) is 9.47 Å². The van der Waals surface area contributed by atoms with Crippen molar-refractivity contribution in [3.05, 3.63) is 76.2 Å². The molecular weight excluding hydrogens is 536 g/mol. The average molecular weight is 573 g/mol. The summed E-state index contributed by atoms with van der Waals surface area (Å²) in [6.07, 6.45) is 0.764. The van der Waals surface area contributed by atoms with Gasteiger partial charge in [-0.3, -0.25) is 19.0 Å². The van der Waals surface area contributed by atoms with Crippen LogP contribution in [0.15, 0.2) is 59.4 Å². The minimum atomic E-state index is -0.579. The van der Waals surface area contributed by atoms with E-state index in [1.54, 1.807) is 46.8 Å². The van der Waals surface area contributed by atoms with Gasteiger partial charge in [0.05, 0.1) is 24.7 Å². The van der Waals surface area contributed by atoms with Crippen molar-refractivity contribution >= 4 is 39.6 Å². The van der Waals surface area contributed by atoms with Crippen LogP contribution in [0.5, 0.6) is 5.75 Å². The largest absolute Gasteiger partial charge is 0.493 e. The molecule has 0 spiro atoms. The van der Waals surface area contributed by atoms with Crippen molar-refractivity contribution in [3.8, 4) is 5.75 Å². The Morgan fingerprint density at radius 2 is 1.62 bits per heavy atom. The van der Waals surface area contributed by atoms with Gasteiger partial charge in [0.1, 0.15) is 11.0 Å². The van der Waals surface area contributed by atoms with Gasteiger partial charge in [-0.15, -0.1) is 0 Å². The first-order valence-corrected chi connectivity index (χ1v) is 14.0. The monoisotopic (exact) mass is 572 g/mol. The van der Waals surface area contributed by atoms with E-state index < -0.39 is 11.2 Å². The standard InChI is InChI=1S/C32H36N4O6/c1-32(2,3)42-31(40)35-17-15-21(16-18-35)33-29(38)27-28(41-5)25-26(34(27)4)22-13-9-10-14-23(22)36(30(25)39)19-24(37)20-11-7-6-8-12-20/h6-14,21H,15-19H2,1-5H3,(H,33,38). The molecule has 1 saturated heterocycles. The highest BCUT2D eigenvalue weighted by Crippen LogP contribution is 2.35. The molecule has 0 bridgehead atoms. The van der Waals surface area contributed by atoms with E-state index in [-0.39, 0.29) is 47.2 Å². The zero-order valence-electron chi connectivity index (χ0n) is 24.6. The number of hydrogen-bond acceptors (Lipinski definition) is 6. The molecule has 5 rings (SSSR count). The lowest BCUT2D eigenvalue weighted by molar-refractivity contribution is 0.0199. The third kappa shape index (κ3) is 5.48. The summed E-state index contributed by atoms with van der Waals surface area (Å²) in [5.41, 5.74) is 0.878. The van der Waals surface area contributed by atoms with Crippen LogP contribution >= 0.6 is 0 Å². The number of methoxy groups -OCH3 is 1. The molecule has 2 aromatic heterocycles. The molecule has 0 unspecified atom stereocenters. The number of rotatable bonds is 6. The van der Waals surface area contributed by atoms with E-state index in [1.807, 2.05) is 45.0 Å². The molecular formula is C32H36N4O6. The molecule has 3 heterocycles. The molecule has 1 aliphatic rings. The molecule has 1 fully saturated rings. The number of ketones is 1. The summed E-state index contributed by atoms with van der Waals surface area (Å²) >= 11 is 0. The second-order valence-corrected chi connectivity index (χ2v) is 11.6. The Hall–Kier alpha value is -4.60. The molecule has 0 atom stereocenters. The normalized spacial score (nSPS) is 14.3. The lowest BCUT2D eigenvalue weighted by Gasteiger charge is -2.33. The number of ether oxygens (including phenoxy) is 2. The Bertz CT molecular complexity index is 1720. The van der Waals surface area contributed by atoms with E-state index in [1.165, 1.54) is 11.7 Å². The Kier molecular flexibility index (Phi) is 7.81. The SMILES string of the molecule is COc1c(C(=O)NC2CCN(C(=O)OC(C)(C)C)CC2)n(C)c2c1c(=O)n(CC(=O)c1ccccc1)c1ccccc21. The highest BCUT2D eigenvalue weighted by molar-refractivity contribution is 6.12. The van der Waals surface area contributed by atoms with E-state index in [9.17, 15) is 19.2 Å². The number of carbonyl (C=O) groups is 3. The summed E-state index contributed by atoms with van der Waals surface area (Å²) < 4.78 is 14.3. The van der Waals surface area contributed by atoms with Crippen molar-refractivity contribution < 1.29 is 23.9 Å². The van der Waals surface area contributed by atoms with Gasteiger partial charge in [-0.25, -0.2) is 4.79 Å². The molecule has 10 nitrogen and oxygen atoms in total. The number of Topliss-reactive ketones (excluding diaryl/α,β-unsaturated/α-hetero) is 1. The number of amides is 2. The van der Waals surface area contributed by atoms with Gasteiger partial charge in [0.15, 0.2) is 17.2 Å². The maximum Gasteiger partial charge on any atom is 0.410 e. The number of carbonyl (C=O) groups excluding carboxylic acids is 3. The summed E-state index contributed by atoms with van der Waals surface area (Å²) in [6.45, 7) is 6.24. The summed E-state index contributed by atoms with van der Waals surface area (Å²) in [6, 6.07) is 16.0. The van der Waals surface area contributed by atoms with Crippen LogP contribution < -0.4 is 15.6 Å². The molecule has 220 valence electrons. The molecule has 4 aromatic rings. The van der Waals surface area contributed by atoms with E-state index in [0.717, 1.165) is 5.39 Å². The summed E-state index contributed by atoms with van der Waals surface area (Å²) in [5, 5.41) is 4.03. The van der Waals surface area contributed by atoms with Crippen molar-refractivity contribution in [1.29, 1.82) is 0 Å². The van der Waals surface area contributed by atoms with Crippen molar-refractivity contribution in [1.82, 2.24) is 19.4 Å². The van der Waals surface area contributed by atoms with Gasteiger partial charge in [0.25, 0.3) is 11.5 Å². The third-order valence-electron chi connectivity index (χ3n) is 7.56. The van der Waals surface area contributed by atoms with E-state index in [0.29, 0.717) is 42.5 Å². The van der Waals surface area contributed by atoms with Crippen molar-refractivity contribution in [2.75, 3.05) is 20.2 Å². The number of piperidine rings is 1. The number of fused-ring (bicyclic) bond motifs is 3. The van der Waals surface area contributed by atoms with Crippen molar-refractivity contribution in [2.24, 2.45) is 7.05 Å². The van der Waals surface area contributed by atoms with Crippen LogP contribution in [0, 0.1) is 0 Å². The van der Waals surface area contributed by atoms with E-state index in [2.05, 4.69) is 5.32 Å². The fraction of sp³-hybridized carbons (Fsp3) is 0.375. The van der Waals surface area contributed by atoms with Crippen LogP contribution in [0.25, 0.3) is 21.8 Å². The lowest BCUT2D eigenvalue weighted by atomic mass is 10.1.